The number of anilines is 1. The Bertz CT molecular complexity index is 449. The molecule has 0 unspecified atom stereocenters. The summed E-state index contributed by atoms with van der Waals surface area (Å²) in [6, 6.07) is 5.37. The average Bonchev–Trinajstić information content (AvgIpc) is 2.26. The first kappa shape index (κ1) is 16.2. The molecule has 7 heteroatoms. The van der Waals surface area contributed by atoms with Crippen molar-refractivity contribution in [2.75, 3.05) is 11.9 Å². The number of benzene rings is 1. The molecule has 0 fully saturated rings. The zero-order valence-electron chi connectivity index (χ0n) is 10.1. The molecule has 0 aliphatic heterocycles. The van der Waals surface area contributed by atoms with Crippen LogP contribution in [0.25, 0.3) is 0 Å². The molecule has 0 spiro atoms. The van der Waals surface area contributed by atoms with Crippen LogP contribution >= 0.6 is 28.1 Å². The van der Waals surface area contributed by atoms with E-state index >= 15 is 0 Å². The maximum Gasteiger partial charge on any atom is 0.389 e. The van der Waals surface area contributed by atoms with E-state index in [4.69, 9.17) is 18.0 Å². The Morgan fingerprint density at radius 1 is 1.32 bits per heavy atom. The Labute approximate surface area is 123 Å². The van der Waals surface area contributed by atoms with E-state index in [2.05, 4.69) is 21.2 Å². The van der Waals surface area contributed by atoms with Crippen LogP contribution in [0.3, 0.4) is 0 Å². The molecule has 0 amide bonds. The summed E-state index contributed by atoms with van der Waals surface area (Å²) in [4.78, 5) is 0.295. The van der Waals surface area contributed by atoms with Gasteiger partial charge in [0, 0.05) is 28.7 Å². The number of alkyl halides is 3. The molecular formula is C12H14BrF3N2S. The molecule has 0 bridgehead atoms. The lowest BCUT2D eigenvalue weighted by atomic mass is 10.2. The van der Waals surface area contributed by atoms with Gasteiger partial charge in [-0.05, 0) is 47.0 Å². The third-order valence-electron chi connectivity index (χ3n) is 2.45. The second-order valence-electron chi connectivity index (χ2n) is 4.06. The van der Waals surface area contributed by atoms with Crippen molar-refractivity contribution in [3.63, 3.8) is 0 Å². The molecule has 106 valence electrons. The van der Waals surface area contributed by atoms with Crippen molar-refractivity contribution in [3.8, 4) is 0 Å². The second kappa shape index (κ2) is 7.09. The van der Waals surface area contributed by atoms with Crippen LogP contribution in [-0.4, -0.2) is 17.7 Å². The van der Waals surface area contributed by atoms with Gasteiger partial charge in [-0.3, -0.25) is 0 Å². The fourth-order valence-electron chi connectivity index (χ4n) is 1.51. The molecule has 0 radical (unpaired) electrons. The average molecular weight is 355 g/mol. The summed E-state index contributed by atoms with van der Waals surface area (Å²) < 4.78 is 36.5. The summed E-state index contributed by atoms with van der Waals surface area (Å²) in [6.07, 6.45) is -4.21. The highest BCUT2D eigenvalue weighted by molar-refractivity contribution is 9.10. The van der Waals surface area contributed by atoms with Crippen molar-refractivity contribution >= 4 is 38.8 Å². The van der Waals surface area contributed by atoms with Gasteiger partial charge in [0.05, 0.1) is 0 Å². The predicted octanol–water partition coefficient (Wildman–Crippen LogP) is 4.23. The van der Waals surface area contributed by atoms with Crippen LogP contribution in [0.1, 0.15) is 24.8 Å². The van der Waals surface area contributed by atoms with Gasteiger partial charge in [-0.1, -0.05) is 12.2 Å². The van der Waals surface area contributed by atoms with Crippen molar-refractivity contribution in [2.24, 2.45) is 5.73 Å². The molecule has 0 heterocycles. The van der Waals surface area contributed by atoms with Crippen molar-refractivity contribution in [1.82, 2.24) is 0 Å². The van der Waals surface area contributed by atoms with Crippen LogP contribution in [0.4, 0.5) is 18.9 Å². The van der Waals surface area contributed by atoms with Crippen LogP contribution in [0.2, 0.25) is 0 Å². The maximum atomic E-state index is 11.9. The zero-order chi connectivity index (χ0) is 14.5. The molecule has 19 heavy (non-hydrogen) atoms. The highest BCUT2D eigenvalue weighted by Gasteiger charge is 2.25. The smallest absolute Gasteiger partial charge is 0.389 e. The number of nitrogens with two attached hydrogens (primary N) is 1. The van der Waals surface area contributed by atoms with E-state index < -0.39 is 12.6 Å². The molecule has 0 saturated carbocycles. The van der Waals surface area contributed by atoms with Crippen molar-refractivity contribution in [1.29, 1.82) is 0 Å². The molecule has 1 aromatic rings. The maximum absolute atomic E-state index is 11.9. The predicted molar refractivity (Wildman–Crippen MR) is 78.4 cm³/mol. The minimum atomic E-state index is -4.07. The Balaban J connectivity index is 2.38. The molecule has 0 aromatic heterocycles. The first-order valence-electron chi connectivity index (χ1n) is 5.69. The Kier molecular flexibility index (Phi) is 6.06. The van der Waals surface area contributed by atoms with Gasteiger partial charge in [-0.15, -0.1) is 0 Å². The van der Waals surface area contributed by atoms with Gasteiger partial charge >= 0.3 is 6.18 Å². The molecule has 3 N–H and O–H groups in total. The number of hydrogen-bond acceptors (Lipinski definition) is 2. The van der Waals surface area contributed by atoms with E-state index in [-0.39, 0.29) is 6.42 Å². The number of nitrogens with one attached hydrogen (secondary N) is 1. The standard InChI is InChI=1S/C12H14BrF3N2S/c13-10-7-8(3-4-9(10)11(17)19)18-6-2-1-5-12(14,15)16/h3-4,7,18H,1-2,5-6H2,(H2,17,19). The number of halogens is 4. The van der Waals surface area contributed by atoms with E-state index in [0.29, 0.717) is 18.0 Å². The molecule has 0 atom stereocenters. The first-order chi connectivity index (χ1) is 8.79. The number of unbranched alkanes of at least 4 members (excludes halogenated alkanes) is 1. The quantitative estimate of drug-likeness (QED) is 0.593. The number of hydrogen-bond donors (Lipinski definition) is 2. The third-order valence-corrected chi connectivity index (χ3v) is 3.33. The topological polar surface area (TPSA) is 38.0 Å². The number of rotatable bonds is 6. The lowest BCUT2D eigenvalue weighted by Crippen LogP contribution is -2.11. The SMILES string of the molecule is NC(=S)c1ccc(NCCCCC(F)(F)F)cc1Br. The first-order valence-corrected chi connectivity index (χ1v) is 6.90. The van der Waals surface area contributed by atoms with E-state index in [1.807, 2.05) is 0 Å². The Morgan fingerprint density at radius 2 is 2.00 bits per heavy atom. The lowest BCUT2D eigenvalue weighted by molar-refractivity contribution is -0.135. The van der Waals surface area contributed by atoms with Crippen LogP contribution in [0.5, 0.6) is 0 Å². The second-order valence-corrected chi connectivity index (χ2v) is 5.35. The van der Waals surface area contributed by atoms with Crippen molar-refractivity contribution in [3.05, 3.63) is 28.2 Å². The summed E-state index contributed by atoms with van der Waals surface area (Å²) in [7, 11) is 0. The van der Waals surface area contributed by atoms with Gasteiger partial charge in [-0.2, -0.15) is 13.2 Å². The lowest BCUT2D eigenvalue weighted by Gasteiger charge is -2.10. The monoisotopic (exact) mass is 354 g/mol. The van der Waals surface area contributed by atoms with Crippen molar-refractivity contribution in [2.45, 2.75) is 25.4 Å². The molecule has 0 saturated heterocycles. The van der Waals surface area contributed by atoms with Crippen LogP contribution in [0.15, 0.2) is 22.7 Å². The number of thiocarbonyl (C=S) groups is 1. The molecule has 0 aliphatic carbocycles. The largest absolute Gasteiger partial charge is 0.389 e. The minimum absolute atomic E-state index is 0.128. The molecule has 1 rings (SSSR count). The van der Waals surface area contributed by atoms with Crippen LogP contribution in [-0.2, 0) is 0 Å². The van der Waals surface area contributed by atoms with E-state index in [1.54, 1.807) is 18.2 Å². The summed E-state index contributed by atoms with van der Waals surface area (Å²) >= 11 is 8.21. The normalized spacial score (nSPS) is 11.4. The summed E-state index contributed by atoms with van der Waals surface area (Å²) in [5.74, 6) is 0. The summed E-state index contributed by atoms with van der Waals surface area (Å²) in [5, 5.41) is 3.06. The Morgan fingerprint density at radius 3 is 2.53 bits per heavy atom. The molecule has 2 nitrogen and oxygen atoms in total. The van der Waals surface area contributed by atoms with Gasteiger partial charge in [0.2, 0.25) is 0 Å². The van der Waals surface area contributed by atoms with E-state index in [9.17, 15) is 13.2 Å². The molecule has 0 aliphatic rings. The van der Waals surface area contributed by atoms with Gasteiger partial charge in [0.15, 0.2) is 0 Å². The van der Waals surface area contributed by atoms with Gasteiger partial charge in [0.25, 0.3) is 0 Å². The molecule has 1 aromatic carbocycles. The summed E-state index contributed by atoms with van der Waals surface area (Å²) in [6.45, 7) is 0.495. The Hall–Kier alpha value is -0.820. The third kappa shape index (κ3) is 6.24. The molecular weight excluding hydrogens is 341 g/mol. The van der Waals surface area contributed by atoms with Gasteiger partial charge < -0.3 is 11.1 Å². The zero-order valence-corrected chi connectivity index (χ0v) is 12.5. The van der Waals surface area contributed by atoms with Crippen LogP contribution < -0.4 is 11.1 Å². The van der Waals surface area contributed by atoms with E-state index in [1.165, 1.54) is 0 Å². The highest BCUT2D eigenvalue weighted by atomic mass is 79.9. The van der Waals surface area contributed by atoms with Gasteiger partial charge in [0.1, 0.15) is 4.99 Å². The van der Waals surface area contributed by atoms with Crippen LogP contribution in [0, 0.1) is 0 Å². The fraction of sp³-hybridized carbons (Fsp3) is 0.417. The highest BCUT2D eigenvalue weighted by Crippen LogP contribution is 2.23. The fourth-order valence-corrected chi connectivity index (χ4v) is 2.41. The van der Waals surface area contributed by atoms with E-state index in [0.717, 1.165) is 15.7 Å². The minimum Gasteiger partial charge on any atom is -0.389 e. The summed E-state index contributed by atoms with van der Waals surface area (Å²) in [5.41, 5.74) is 7.07. The van der Waals surface area contributed by atoms with Gasteiger partial charge in [-0.25, -0.2) is 0 Å². The van der Waals surface area contributed by atoms with Crippen molar-refractivity contribution < 1.29 is 13.2 Å².